The minimum atomic E-state index is -4.94. The van der Waals surface area contributed by atoms with Crippen LogP contribution in [-0.4, -0.2) is 95.9 Å². The Bertz CT molecular complexity index is 2260. The molecule has 16 nitrogen and oxygen atoms in total. The molecule has 0 aliphatic rings. The molecule has 0 radical (unpaired) electrons. The number of carbonyl (C=O) groups is 3. The fourth-order valence-corrected chi connectivity index (χ4v) is 10.8. The van der Waals surface area contributed by atoms with E-state index in [2.05, 4.69) is 154 Å². The van der Waals surface area contributed by atoms with Gasteiger partial charge in [-0.25, -0.2) is 9.13 Å². The van der Waals surface area contributed by atoms with Crippen LogP contribution in [0.4, 0.5) is 0 Å². The van der Waals surface area contributed by atoms with E-state index in [1.165, 1.54) is 77.0 Å². The van der Waals surface area contributed by atoms with Crippen molar-refractivity contribution in [1.82, 2.24) is 0 Å². The van der Waals surface area contributed by atoms with Crippen LogP contribution < -0.4 is 0 Å². The number of aliphatic hydroxyl groups excluding tert-OH is 2. The fourth-order valence-electron chi connectivity index (χ4n) is 9.26. The number of rotatable bonds is 68. The van der Waals surface area contributed by atoms with Crippen molar-refractivity contribution in [3.8, 4) is 0 Å². The first-order valence-corrected chi connectivity index (χ1v) is 39.5. The van der Waals surface area contributed by atoms with Gasteiger partial charge in [-0.15, -0.1) is 0 Å². The highest BCUT2D eigenvalue weighted by Crippen LogP contribution is 2.45. The van der Waals surface area contributed by atoms with E-state index in [4.69, 9.17) is 32.3 Å². The van der Waals surface area contributed by atoms with Crippen LogP contribution in [0.1, 0.15) is 278 Å². The van der Waals surface area contributed by atoms with E-state index in [0.717, 1.165) is 141 Å². The maximum Gasteiger partial charge on any atom is 0.472 e. The van der Waals surface area contributed by atoms with Crippen LogP contribution in [0, 0.1) is 0 Å². The summed E-state index contributed by atoms with van der Waals surface area (Å²) < 4.78 is 60.9. The molecule has 544 valence electrons. The molecule has 0 amide bonds. The number of unbranched alkanes of at least 4 members (excludes halogenated alkanes) is 23. The molecule has 0 aromatic rings. The Hall–Kier alpha value is -4.31. The van der Waals surface area contributed by atoms with Gasteiger partial charge in [0.15, 0.2) is 6.10 Å². The molecule has 0 aromatic carbocycles. The number of carbonyl (C=O) groups excluding carboxylic acids is 3. The molecular formula is C77H130O16P2. The van der Waals surface area contributed by atoms with Crippen LogP contribution >= 0.6 is 15.6 Å². The monoisotopic (exact) mass is 1370 g/mol. The molecule has 0 saturated heterocycles. The zero-order valence-electron chi connectivity index (χ0n) is 59.0. The largest absolute Gasteiger partial charge is 0.472 e. The van der Waals surface area contributed by atoms with E-state index in [1.54, 1.807) is 0 Å². The molecule has 5 unspecified atom stereocenters. The van der Waals surface area contributed by atoms with Gasteiger partial charge in [-0.05, 0) is 141 Å². The summed E-state index contributed by atoms with van der Waals surface area (Å²) in [5.74, 6) is -1.65. The van der Waals surface area contributed by atoms with Crippen LogP contribution in [0.5, 0.6) is 0 Å². The number of aliphatic hydroxyl groups is 2. The van der Waals surface area contributed by atoms with Crippen molar-refractivity contribution >= 4 is 33.6 Å². The lowest BCUT2D eigenvalue weighted by Crippen LogP contribution is -2.30. The molecule has 0 aliphatic carbocycles. The lowest BCUT2D eigenvalue weighted by Gasteiger charge is -2.21. The van der Waals surface area contributed by atoms with Crippen molar-refractivity contribution in [2.45, 2.75) is 296 Å². The molecule has 95 heavy (non-hydrogen) atoms. The summed E-state index contributed by atoms with van der Waals surface area (Å²) in [6.07, 6.45) is 82.2. The van der Waals surface area contributed by atoms with E-state index in [9.17, 15) is 43.5 Å². The third kappa shape index (κ3) is 70.8. The van der Waals surface area contributed by atoms with Crippen molar-refractivity contribution in [2.75, 3.05) is 39.6 Å². The second-order valence-corrected chi connectivity index (χ2v) is 26.9. The van der Waals surface area contributed by atoms with Gasteiger partial charge in [0.25, 0.3) is 0 Å². The molecule has 0 aliphatic heterocycles. The lowest BCUT2D eigenvalue weighted by atomic mass is 10.1. The minimum Gasteiger partial charge on any atom is -0.463 e. The van der Waals surface area contributed by atoms with E-state index < -0.39 is 91.5 Å². The Balaban J connectivity index is 4.62. The Morgan fingerprint density at radius 2 is 0.558 bits per heavy atom. The predicted molar refractivity (Wildman–Crippen MR) is 390 cm³/mol. The van der Waals surface area contributed by atoms with Gasteiger partial charge in [0, 0.05) is 19.3 Å². The van der Waals surface area contributed by atoms with E-state index >= 15 is 0 Å². The summed E-state index contributed by atoms with van der Waals surface area (Å²) in [5.41, 5.74) is 0. The first kappa shape index (κ1) is 90.7. The maximum absolute atomic E-state index is 12.9. The molecule has 0 rings (SSSR count). The SMILES string of the molecule is CC/C=C\C/C=C\C/C=C\C/C=C\C/C=C\C/C=C\CCCCC(=O)OCC(COP(=O)(O)OCC(O)COP(=O)(O)OCC(O)COC(=O)CCCCCCCCCCC/C=C\C/C=C\C/C=C\C/C=C\CCCCC)OC(=O)CCCCCCC/C=C\CCCCCC. The second-order valence-electron chi connectivity index (χ2n) is 24.0. The van der Waals surface area contributed by atoms with Gasteiger partial charge in [0.05, 0.1) is 26.4 Å². The highest BCUT2D eigenvalue weighted by atomic mass is 31.2. The predicted octanol–water partition coefficient (Wildman–Crippen LogP) is 20.8. The van der Waals surface area contributed by atoms with Gasteiger partial charge in [-0.1, -0.05) is 251 Å². The Kier molecular flexibility index (Phi) is 66.4. The number of phosphoric ester groups is 2. The van der Waals surface area contributed by atoms with Gasteiger partial charge in [0.2, 0.25) is 0 Å². The average Bonchev–Trinajstić information content (AvgIpc) is 1.83. The van der Waals surface area contributed by atoms with Gasteiger partial charge in [-0.2, -0.15) is 0 Å². The van der Waals surface area contributed by atoms with Crippen LogP contribution in [0.3, 0.4) is 0 Å². The highest BCUT2D eigenvalue weighted by Gasteiger charge is 2.29. The van der Waals surface area contributed by atoms with E-state index in [0.29, 0.717) is 19.3 Å². The normalized spacial score (nSPS) is 14.9. The zero-order chi connectivity index (χ0) is 69.5. The summed E-state index contributed by atoms with van der Waals surface area (Å²) in [6.45, 7) is 2.44. The van der Waals surface area contributed by atoms with Crippen molar-refractivity contribution in [3.63, 3.8) is 0 Å². The first-order chi connectivity index (χ1) is 46.2. The number of ether oxygens (including phenoxy) is 3. The summed E-state index contributed by atoms with van der Waals surface area (Å²) in [5, 5.41) is 20.6. The smallest absolute Gasteiger partial charge is 0.463 e. The van der Waals surface area contributed by atoms with Gasteiger partial charge in [0.1, 0.15) is 25.4 Å². The molecule has 18 heteroatoms. The third-order valence-corrected chi connectivity index (χ3v) is 16.7. The van der Waals surface area contributed by atoms with Crippen molar-refractivity contribution in [3.05, 3.63) is 134 Å². The number of allylic oxidation sites excluding steroid dienone is 22. The van der Waals surface area contributed by atoms with Crippen LogP contribution in [0.15, 0.2) is 134 Å². The van der Waals surface area contributed by atoms with Crippen molar-refractivity contribution in [1.29, 1.82) is 0 Å². The maximum atomic E-state index is 12.9. The summed E-state index contributed by atoms with van der Waals surface area (Å²) >= 11 is 0. The zero-order valence-corrected chi connectivity index (χ0v) is 60.8. The molecule has 0 spiro atoms. The quantitative estimate of drug-likeness (QED) is 0.0146. The number of hydrogen-bond donors (Lipinski definition) is 4. The molecule has 0 bridgehead atoms. The number of phosphoric acid groups is 2. The molecule has 0 heterocycles. The summed E-state index contributed by atoms with van der Waals surface area (Å²) in [7, 11) is -9.80. The van der Waals surface area contributed by atoms with Crippen molar-refractivity contribution < 1.29 is 75.8 Å². The Morgan fingerprint density at radius 1 is 0.305 bits per heavy atom. The van der Waals surface area contributed by atoms with E-state index in [-0.39, 0.29) is 19.3 Å². The average molecular weight is 1370 g/mol. The van der Waals surface area contributed by atoms with Gasteiger partial charge in [-0.3, -0.25) is 32.5 Å². The van der Waals surface area contributed by atoms with E-state index in [1.807, 2.05) is 0 Å². The molecule has 4 N–H and O–H groups in total. The standard InChI is InChI=1S/C77H130O16P2/c1-4-7-10-13-16-19-22-25-27-29-31-33-34-35-36-38-40-41-43-46-48-51-54-57-60-63-75(80)87-66-72(78)67-89-94(83,84)90-68-73(79)69-91-95(85,86)92-71-74(93-77(82)65-62-59-56-53-50-45-24-21-18-15-12-9-6-3)70-88-76(81)64-61-58-55-52-49-47-44-42-39-37-32-30-28-26-23-20-17-14-11-8-5-2/h8,11,16-17,19-21,24-28,31-33,35-37,42,44,49,52,72-74,78-79H,4-7,9-10,12-15,18,22-23,29-30,34,38-41,43,45-48,50-51,53-71H2,1-3H3,(H,83,84)(H,85,86)/b11-8-,19-16-,20-17-,24-21-,27-25-,28-26-,33-31-,36-35-,37-32-,44-42-,52-49-. The topological polar surface area (TPSA) is 231 Å². The minimum absolute atomic E-state index is 0.0809. The summed E-state index contributed by atoms with van der Waals surface area (Å²) in [6, 6.07) is 0. The second kappa shape index (κ2) is 69.6. The highest BCUT2D eigenvalue weighted by molar-refractivity contribution is 7.47. The molecule has 0 aromatic heterocycles. The van der Waals surface area contributed by atoms with Crippen LogP contribution in [0.25, 0.3) is 0 Å². The van der Waals surface area contributed by atoms with Gasteiger partial charge >= 0.3 is 33.6 Å². The molecular weight excluding hydrogens is 1240 g/mol. The summed E-state index contributed by atoms with van der Waals surface area (Å²) in [4.78, 5) is 58.4. The molecule has 0 fully saturated rings. The van der Waals surface area contributed by atoms with Crippen LogP contribution in [-0.2, 0) is 55.8 Å². The number of hydrogen-bond acceptors (Lipinski definition) is 14. The Labute approximate surface area is 575 Å². The van der Waals surface area contributed by atoms with Crippen LogP contribution in [0.2, 0.25) is 0 Å². The fraction of sp³-hybridized carbons (Fsp3) is 0.675. The molecule has 0 saturated carbocycles. The third-order valence-electron chi connectivity index (χ3n) is 14.8. The molecule has 5 atom stereocenters. The Morgan fingerprint density at radius 3 is 0.937 bits per heavy atom. The van der Waals surface area contributed by atoms with Gasteiger partial charge < -0.3 is 34.2 Å². The lowest BCUT2D eigenvalue weighted by molar-refractivity contribution is -0.161. The van der Waals surface area contributed by atoms with Crippen molar-refractivity contribution in [2.24, 2.45) is 0 Å². The number of esters is 3. The first-order valence-electron chi connectivity index (χ1n) is 36.5.